The highest BCUT2D eigenvalue weighted by molar-refractivity contribution is 7.80. The molecule has 0 bridgehead atoms. The molecule has 51 heavy (non-hydrogen) atoms. The number of carbonyl (C=O) groups excluding carboxylic acids is 3. The summed E-state index contributed by atoms with van der Waals surface area (Å²) < 4.78 is 44.5. The van der Waals surface area contributed by atoms with Crippen LogP contribution in [0.25, 0.3) is 11.1 Å². The summed E-state index contributed by atoms with van der Waals surface area (Å²) in [7, 11) is -3.53. The summed E-state index contributed by atoms with van der Waals surface area (Å²) in [4.78, 5) is 59.1. The number of nitrogen functional groups attached to an aromatic ring is 1. The smallest absolute Gasteiger partial charge is 0.351 e. The molecule has 3 amide bonds. The number of carbonyl (C=O) groups is 4. The molecule has 1 aliphatic rings. The first-order chi connectivity index (χ1) is 23.9. The molecule has 274 valence electrons. The lowest BCUT2D eigenvalue weighted by molar-refractivity contribution is -0.656. The minimum absolute atomic E-state index is 0.0341. The van der Waals surface area contributed by atoms with Crippen LogP contribution in [-0.2, 0) is 45.7 Å². The topological polar surface area (TPSA) is 308 Å². The van der Waals surface area contributed by atoms with Gasteiger partial charge in [0.15, 0.2) is 10.8 Å². The Morgan fingerprint density at radius 1 is 1.20 bits per heavy atom. The van der Waals surface area contributed by atoms with Crippen molar-refractivity contribution in [1.29, 1.82) is 0 Å². The molecule has 0 radical (unpaired) electrons. The number of β-lactam (4-membered cyclic amide) rings is 1. The van der Waals surface area contributed by atoms with Gasteiger partial charge in [0.2, 0.25) is 10.4 Å². The van der Waals surface area contributed by atoms with Gasteiger partial charge in [-0.3, -0.25) is 9.59 Å². The molecule has 0 spiro atoms. The van der Waals surface area contributed by atoms with E-state index in [1.165, 1.54) is 19.2 Å². The fraction of sp³-hybridized carbons (Fsp3) is 0.345. The highest BCUT2D eigenvalue weighted by atomic mass is 32.3. The lowest BCUT2D eigenvalue weighted by Crippen LogP contribution is -2.76. The average molecular weight is 750 g/mol. The van der Waals surface area contributed by atoms with Gasteiger partial charge in [-0.15, -0.1) is 11.3 Å². The lowest BCUT2D eigenvalue weighted by Gasteiger charge is -2.51. The van der Waals surface area contributed by atoms with Gasteiger partial charge in [-0.1, -0.05) is 17.3 Å². The zero-order valence-corrected chi connectivity index (χ0v) is 29.0. The van der Waals surface area contributed by atoms with Crippen LogP contribution in [0.4, 0.5) is 10.9 Å². The SMILES string of the molecule is C[n+]1cc(-c2ccc(OC[C@H](O/N=C(\C(=O)N[C@@H]3C(=O)N(OS(=O)(=O)[O-])C3(C)C)c3csc(N)n3)C(=O)O)cc2)ccc1NC(=O)[C@@H](N)CCN. The Kier molecular flexibility index (Phi) is 11.9. The highest BCUT2D eigenvalue weighted by Gasteiger charge is 2.57. The van der Waals surface area contributed by atoms with Gasteiger partial charge >= 0.3 is 11.9 Å². The van der Waals surface area contributed by atoms with Crippen LogP contribution in [-0.4, -0.2) is 94.4 Å². The quantitative estimate of drug-likeness (QED) is 0.0245. The summed E-state index contributed by atoms with van der Waals surface area (Å²) in [6, 6.07) is 8.04. The van der Waals surface area contributed by atoms with E-state index in [2.05, 4.69) is 25.1 Å². The molecule has 1 saturated heterocycles. The van der Waals surface area contributed by atoms with Crippen molar-refractivity contribution >= 4 is 62.1 Å². The zero-order chi connectivity index (χ0) is 37.7. The van der Waals surface area contributed by atoms with Crippen LogP contribution in [0.5, 0.6) is 5.75 Å². The first kappa shape index (κ1) is 38.5. The van der Waals surface area contributed by atoms with Crippen LogP contribution in [0, 0.1) is 0 Å². The molecular weight excluding hydrogens is 715 g/mol. The summed E-state index contributed by atoms with van der Waals surface area (Å²) in [5.41, 5.74) is 16.4. The number of oxime groups is 1. The Balaban J connectivity index is 1.42. The number of ether oxygens (including phenoxy) is 1. The molecule has 0 aliphatic carbocycles. The zero-order valence-electron chi connectivity index (χ0n) is 27.3. The minimum atomic E-state index is -5.28. The molecule has 4 rings (SSSR count). The van der Waals surface area contributed by atoms with Crippen molar-refractivity contribution in [3.05, 3.63) is 53.7 Å². The summed E-state index contributed by atoms with van der Waals surface area (Å²) in [5, 5.41) is 20.2. The van der Waals surface area contributed by atoms with Gasteiger partial charge in [0, 0.05) is 17.0 Å². The number of aryl methyl sites for hydroxylation is 1. The third-order valence-electron chi connectivity index (χ3n) is 7.43. The number of nitrogens with zero attached hydrogens (tertiary/aromatic N) is 4. The van der Waals surface area contributed by atoms with Crippen LogP contribution in [0.2, 0.25) is 0 Å². The molecule has 3 aromatic rings. The van der Waals surface area contributed by atoms with Gasteiger partial charge in [-0.25, -0.2) is 32.9 Å². The Hall–Kier alpha value is -5.26. The maximum Gasteiger partial charge on any atom is 0.351 e. The first-order valence-corrected chi connectivity index (χ1v) is 17.1. The van der Waals surface area contributed by atoms with Crippen molar-refractivity contribution in [3.63, 3.8) is 0 Å². The van der Waals surface area contributed by atoms with E-state index in [4.69, 9.17) is 26.8 Å². The number of pyridine rings is 1. The largest absolute Gasteiger partial charge is 0.724 e. The molecule has 20 nitrogen and oxygen atoms in total. The Morgan fingerprint density at radius 3 is 2.41 bits per heavy atom. The standard InChI is InChI=1S/C29H35N9O11S2/c1-29(2)23(26(41)38(29)49-51(44,45)46)35-25(40)22(19-14-50-28(32)33-19)36-48-20(27(42)43)13-47-17-7-4-15(5-8-17)16-6-9-21(37(3)12-16)34-24(39)18(31)10-11-30/h4-9,12,14,18,20,23H,10-11,13,30-31H2,1-3H3,(H5,32,33,35,40,42,43,44,45,46)/b36-22-/t18-,20-,23+/m0/s1. The molecule has 2 aromatic heterocycles. The van der Waals surface area contributed by atoms with E-state index >= 15 is 0 Å². The number of carboxylic acids is 1. The first-order valence-electron chi connectivity index (χ1n) is 14.9. The molecular formula is C29H35N9O11S2. The molecule has 3 atom stereocenters. The van der Waals surface area contributed by atoms with Crippen molar-refractivity contribution in [2.24, 2.45) is 23.7 Å². The number of carboxylic acid groups (broad SMARTS) is 1. The Bertz CT molecular complexity index is 1940. The number of amides is 3. The predicted molar refractivity (Wildman–Crippen MR) is 178 cm³/mol. The van der Waals surface area contributed by atoms with Crippen molar-refractivity contribution < 1.29 is 55.7 Å². The van der Waals surface area contributed by atoms with E-state index in [0.29, 0.717) is 17.3 Å². The van der Waals surface area contributed by atoms with Crippen molar-refractivity contribution in [2.45, 2.75) is 44.0 Å². The highest BCUT2D eigenvalue weighted by Crippen LogP contribution is 2.33. The number of aromatic nitrogens is 2. The number of hydroxylamine groups is 2. The number of benzene rings is 1. The fourth-order valence-corrected chi connectivity index (χ4v) is 5.63. The van der Waals surface area contributed by atoms with Gasteiger partial charge in [-0.05, 0) is 50.6 Å². The number of hydrogen-bond donors (Lipinski definition) is 6. The summed E-state index contributed by atoms with van der Waals surface area (Å²) >= 11 is 0.936. The van der Waals surface area contributed by atoms with Crippen LogP contribution < -0.4 is 37.1 Å². The number of anilines is 2. The monoisotopic (exact) mass is 749 g/mol. The number of nitrogens with one attached hydrogen (secondary N) is 2. The van der Waals surface area contributed by atoms with E-state index in [1.54, 1.807) is 54.2 Å². The Labute approximate surface area is 295 Å². The third kappa shape index (κ3) is 9.50. The van der Waals surface area contributed by atoms with Crippen LogP contribution in [0.3, 0.4) is 0 Å². The predicted octanol–water partition coefficient (Wildman–Crippen LogP) is -1.42. The van der Waals surface area contributed by atoms with Crippen molar-refractivity contribution in [1.82, 2.24) is 15.4 Å². The van der Waals surface area contributed by atoms with Gasteiger partial charge in [0.25, 0.3) is 23.7 Å². The molecule has 0 saturated carbocycles. The number of hydrogen-bond acceptors (Lipinski definition) is 16. The van der Waals surface area contributed by atoms with Crippen LogP contribution in [0.15, 0.2) is 53.1 Å². The normalized spacial score (nSPS) is 16.8. The molecule has 0 unspecified atom stereocenters. The number of aliphatic carboxylic acids is 1. The van der Waals surface area contributed by atoms with Crippen LogP contribution in [0.1, 0.15) is 26.0 Å². The number of nitrogens with two attached hydrogens (primary N) is 3. The van der Waals surface area contributed by atoms with Gasteiger partial charge < -0.3 is 41.8 Å². The second-order valence-corrected chi connectivity index (χ2v) is 13.4. The summed E-state index contributed by atoms with van der Waals surface area (Å²) in [6.45, 7) is 2.38. The average Bonchev–Trinajstić information content (AvgIpc) is 3.49. The number of thiazole rings is 1. The Morgan fingerprint density at radius 2 is 1.86 bits per heavy atom. The van der Waals surface area contributed by atoms with Gasteiger partial charge in [0.05, 0.1) is 18.8 Å². The third-order valence-corrected chi connectivity index (χ3v) is 8.44. The van der Waals surface area contributed by atoms with E-state index < -0.39 is 64.2 Å². The van der Waals surface area contributed by atoms with E-state index in [-0.39, 0.29) is 29.0 Å². The second kappa shape index (κ2) is 15.7. The molecule has 9 N–H and O–H groups in total. The summed E-state index contributed by atoms with van der Waals surface area (Å²) in [6.07, 6.45) is 0.409. The van der Waals surface area contributed by atoms with Crippen molar-refractivity contribution in [2.75, 3.05) is 24.2 Å². The molecule has 1 aliphatic heterocycles. The second-order valence-electron chi connectivity index (χ2n) is 11.5. The van der Waals surface area contributed by atoms with E-state index in [9.17, 15) is 37.3 Å². The van der Waals surface area contributed by atoms with E-state index in [1.807, 2.05) is 0 Å². The van der Waals surface area contributed by atoms with E-state index in [0.717, 1.165) is 22.5 Å². The van der Waals surface area contributed by atoms with Gasteiger partial charge in [0.1, 0.15) is 30.1 Å². The maximum atomic E-state index is 13.2. The van der Waals surface area contributed by atoms with Crippen LogP contribution >= 0.6 is 11.3 Å². The fourth-order valence-electron chi connectivity index (χ4n) is 4.63. The molecule has 1 fully saturated rings. The van der Waals surface area contributed by atoms with Crippen molar-refractivity contribution in [3.8, 4) is 16.9 Å². The minimum Gasteiger partial charge on any atom is -0.724 e. The molecule has 22 heteroatoms. The molecule has 3 heterocycles. The molecule has 1 aromatic carbocycles. The summed E-state index contributed by atoms with van der Waals surface area (Å²) in [5.74, 6) is -3.15. The lowest BCUT2D eigenvalue weighted by atomic mass is 9.84. The van der Waals surface area contributed by atoms with Gasteiger partial charge in [-0.2, -0.15) is 9.35 Å². The maximum absolute atomic E-state index is 13.2. The number of rotatable bonds is 16.